The molecule has 2 aromatic rings. The molecular formula is C10H12ClN5. The van der Waals surface area contributed by atoms with Crippen molar-refractivity contribution in [2.24, 2.45) is 0 Å². The lowest BCUT2D eigenvalue weighted by Crippen LogP contribution is -2.08. The molecule has 0 saturated heterocycles. The van der Waals surface area contributed by atoms with Crippen molar-refractivity contribution in [2.75, 3.05) is 5.32 Å². The summed E-state index contributed by atoms with van der Waals surface area (Å²) in [6.45, 7) is 3.45. The van der Waals surface area contributed by atoms with Crippen molar-refractivity contribution in [3.8, 4) is 0 Å². The topological polar surface area (TPSA) is 55.6 Å². The van der Waals surface area contributed by atoms with E-state index >= 15 is 0 Å². The number of aryl methyl sites for hydroxylation is 1. The van der Waals surface area contributed by atoms with Gasteiger partial charge in [-0.15, -0.1) is 10.2 Å². The predicted octanol–water partition coefficient (Wildman–Crippen LogP) is 1.96. The summed E-state index contributed by atoms with van der Waals surface area (Å²) in [5, 5.41) is 11.6. The lowest BCUT2D eigenvalue weighted by Gasteiger charge is -2.07. The van der Waals surface area contributed by atoms with Gasteiger partial charge in [0, 0.05) is 12.7 Å². The average molecular weight is 238 g/mol. The molecule has 2 rings (SSSR count). The van der Waals surface area contributed by atoms with E-state index in [1.165, 1.54) is 0 Å². The van der Waals surface area contributed by atoms with Crippen molar-refractivity contribution in [2.45, 2.75) is 20.0 Å². The second-order valence-corrected chi connectivity index (χ2v) is 3.63. The van der Waals surface area contributed by atoms with Crippen LogP contribution in [0.5, 0.6) is 0 Å². The van der Waals surface area contributed by atoms with Gasteiger partial charge in [-0.2, -0.15) is 0 Å². The van der Waals surface area contributed by atoms with Gasteiger partial charge in [-0.05, 0) is 19.1 Å². The molecule has 0 spiro atoms. The Hall–Kier alpha value is -1.62. The van der Waals surface area contributed by atoms with Gasteiger partial charge in [-0.3, -0.25) is 0 Å². The molecule has 0 unspecified atom stereocenters. The fraction of sp³-hybridized carbons (Fsp3) is 0.300. The number of nitrogens with zero attached hydrogens (tertiary/aromatic N) is 4. The monoisotopic (exact) mass is 237 g/mol. The van der Waals surface area contributed by atoms with Gasteiger partial charge in [0.2, 0.25) is 0 Å². The molecule has 2 aromatic heterocycles. The van der Waals surface area contributed by atoms with Crippen LogP contribution in [0.15, 0.2) is 24.7 Å². The minimum atomic E-state index is 0.560. The standard InChI is InChI=1S/C10H12ClN5/c1-2-16-7-14-15-9(16)6-13-10-8(11)4-3-5-12-10/h3-5,7H,2,6H2,1H3,(H,12,13). The van der Waals surface area contributed by atoms with Crippen LogP contribution in [0.1, 0.15) is 12.7 Å². The summed E-state index contributed by atoms with van der Waals surface area (Å²) in [7, 11) is 0. The van der Waals surface area contributed by atoms with Crippen molar-refractivity contribution >= 4 is 17.4 Å². The number of hydrogen-bond acceptors (Lipinski definition) is 4. The Morgan fingerprint density at radius 3 is 3.12 bits per heavy atom. The Bertz CT molecular complexity index is 468. The molecule has 1 N–H and O–H groups in total. The van der Waals surface area contributed by atoms with Gasteiger partial charge in [-0.25, -0.2) is 4.98 Å². The van der Waals surface area contributed by atoms with Gasteiger partial charge >= 0.3 is 0 Å². The van der Waals surface area contributed by atoms with E-state index in [9.17, 15) is 0 Å². The van der Waals surface area contributed by atoms with Gasteiger partial charge < -0.3 is 9.88 Å². The van der Waals surface area contributed by atoms with Crippen LogP contribution in [0.2, 0.25) is 5.02 Å². The van der Waals surface area contributed by atoms with Crippen LogP contribution >= 0.6 is 11.6 Å². The Balaban J connectivity index is 2.05. The van der Waals surface area contributed by atoms with Crippen LogP contribution in [-0.4, -0.2) is 19.7 Å². The largest absolute Gasteiger partial charge is 0.362 e. The molecule has 0 amide bonds. The van der Waals surface area contributed by atoms with Gasteiger partial charge in [-0.1, -0.05) is 11.6 Å². The normalized spacial score (nSPS) is 10.4. The molecule has 0 radical (unpaired) electrons. The third-order valence-corrected chi connectivity index (χ3v) is 2.51. The van der Waals surface area contributed by atoms with E-state index in [4.69, 9.17) is 11.6 Å². The third kappa shape index (κ3) is 2.30. The first-order chi connectivity index (χ1) is 7.81. The third-order valence-electron chi connectivity index (χ3n) is 2.21. The summed E-state index contributed by atoms with van der Waals surface area (Å²) in [5.41, 5.74) is 0. The lowest BCUT2D eigenvalue weighted by molar-refractivity contribution is 0.707. The smallest absolute Gasteiger partial charge is 0.152 e. The number of aromatic nitrogens is 4. The molecule has 0 saturated carbocycles. The molecule has 0 fully saturated rings. The van der Waals surface area contributed by atoms with E-state index in [-0.39, 0.29) is 0 Å². The molecule has 0 aliphatic rings. The van der Waals surface area contributed by atoms with E-state index in [0.717, 1.165) is 12.4 Å². The Kier molecular flexibility index (Phi) is 3.36. The Morgan fingerprint density at radius 2 is 2.38 bits per heavy atom. The zero-order chi connectivity index (χ0) is 11.4. The number of hydrogen-bond donors (Lipinski definition) is 1. The molecule has 0 aromatic carbocycles. The highest BCUT2D eigenvalue weighted by Gasteiger charge is 2.04. The fourth-order valence-corrected chi connectivity index (χ4v) is 1.55. The molecule has 5 nitrogen and oxygen atoms in total. The summed E-state index contributed by atoms with van der Waals surface area (Å²) in [6.07, 6.45) is 3.40. The van der Waals surface area contributed by atoms with Crippen LogP contribution in [0, 0.1) is 0 Å². The molecule has 0 aliphatic carbocycles. The van der Waals surface area contributed by atoms with E-state index in [0.29, 0.717) is 17.4 Å². The fourth-order valence-electron chi connectivity index (χ4n) is 1.36. The zero-order valence-corrected chi connectivity index (χ0v) is 9.65. The second-order valence-electron chi connectivity index (χ2n) is 3.22. The number of halogens is 1. The van der Waals surface area contributed by atoms with E-state index < -0.39 is 0 Å². The molecule has 0 aliphatic heterocycles. The number of pyridine rings is 1. The maximum Gasteiger partial charge on any atom is 0.152 e. The maximum atomic E-state index is 5.97. The SMILES string of the molecule is CCn1cnnc1CNc1ncccc1Cl. The zero-order valence-electron chi connectivity index (χ0n) is 8.89. The average Bonchev–Trinajstić information content (AvgIpc) is 2.75. The van der Waals surface area contributed by atoms with Crippen LogP contribution in [0.25, 0.3) is 0 Å². The molecular weight excluding hydrogens is 226 g/mol. The van der Waals surface area contributed by atoms with Crippen molar-refractivity contribution in [3.05, 3.63) is 35.5 Å². The van der Waals surface area contributed by atoms with E-state index in [1.54, 1.807) is 24.7 Å². The Morgan fingerprint density at radius 1 is 1.50 bits per heavy atom. The highest BCUT2D eigenvalue weighted by molar-refractivity contribution is 6.32. The number of rotatable bonds is 4. The minimum absolute atomic E-state index is 0.560. The highest BCUT2D eigenvalue weighted by atomic mass is 35.5. The highest BCUT2D eigenvalue weighted by Crippen LogP contribution is 2.17. The van der Waals surface area contributed by atoms with Crippen LogP contribution < -0.4 is 5.32 Å². The molecule has 2 heterocycles. The molecule has 0 bridgehead atoms. The first-order valence-electron chi connectivity index (χ1n) is 5.02. The summed E-state index contributed by atoms with van der Waals surface area (Å²) in [5.74, 6) is 1.53. The first kappa shape index (κ1) is 10.9. The minimum Gasteiger partial charge on any atom is -0.362 e. The van der Waals surface area contributed by atoms with Crippen molar-refractivity contribution < 1.29 is 0 Å². The van der Waals surface area contributed by atoms with Crippen molar-refractivity contribution in [1.29, 1.82) is 0 Å². The van der Waals surface area contributed by atoms with Crippen LogP contribution in [0.3, 0.4) is 0 Å². The van der Waals surface area contributed by atoms with E-state index in [1.807, 2.05) is 11.5 Å². The summed E-state index contributed by atoms with van der Waals surface area (Å²) >= 11 is 5.97. The van der Waals surface area contributed by atoms with Crippen molar-refractivity contribution in [3.63, 3.8) is 0 Å². The van der Waals surface area contributed by atoms with E-state index in [2.05, 4.69) is 20.5 Å². The predicted molar refractivity (Wildman–Crippen MR) is 62.3 cm³/mol. The van der Waals surface area contributed by atoms with Crippen molar-refractivity contribution in [1.82, 2.24) is 19.7 Å². The van der Waals surface area contributed by atoms with Gasteiger partial charge in [0.15, 0.2) is 5.82 Å². The Labute approximate surface area is 98.5 Å². The molecule has 6 heteroatoms. The quantitative estimate of drug-likeness (QED) is 0.883. The first-order valence-corrected chi connectivity index (χ1v) is 5.40. The number of nitrogens with one attached hydrogen (secondary N) is 1. The van der Waals surface area contributed by atoms with Crippen LogP contribution in [-0.2, 0) is 13.1 Å². The lowest BCUT2D eigenvalue weighted by atomic mass is 10.4. The van der Waals surface area contributed by atoms with Gasteiger partial charge in [0.25, 0.3) is 0 Å². The molecule has 16 heavy (non-hydrogen) atoms. The number of anilines is 1. The summed E-state index contributed by atoms with van der Waals surface area (Å²) in [6, 6.07) is 3.59. The molecule has 84 valence electrons. The van der Waals surface area contributed by atoms with Crippen LogP contribution in [0.4, 0.5) is 5.82 Å². The summed E-state index contributed by atoms with van der Waals surface area (Å²) in [4.78, 5) is 4.13. The van der Waals surface area contributed by atoms with Gasteiger partial charge in [0.1, 0.15) is 12.1 Å². The molecule has 0 atom stereocenters. The van der Waals surface area contributed by atoms with Gasteiger partial charge in [0.05, 0.1) is 11.6 Å². The maximum absolute atomic E-state index is 5.97. The second kappa shape index (κ2) is 4.94. The summed E-state index contributed by atoms with van der Waals surface area (Å²) < 4.78 is 1.96.